The standard InChI is InChI=1S/C14H30/c1-9-12(10-2)14(8,11(3)4)13(5,6)7/h11-12H,9-10H2,1-8H3. The molecule has 0 saturated carbocycles. The first-order valence-electron chi connectivity index (χ1n) is 6.21. The summed E-state index contributed by atoms with van der Waals surface area (Å²) in [4.78, 5) is 0. The molecular weight excluding hydrogens is 168 g/mol. The highest BCUT2D eigenvalue weighted by molar-refractivity contribution is 4.93. The van der Waals surface area contributed by atoms with Crippen LogP contribution in [0.5, 0.6) is 0 Å². The second kappa shape index (κ2) is 4.68. The van der Waals surface area contributed by atoms with Crippen LogP contribution in [0.2, 0.25) is 0 Å². The number of rotatable bonds is 4. The summed E-state index contributed by atoms with van der Waals surface area (Å²) in [7, 11) is 0. The average molecular weight is 198 g/mol. The Morgan fingerprint density at radius 3 is 1.29 bits per heavy atom. The third kappa shape index (κ3) is 2.32. The van der Waals surface area contributed by atoms with E-state index in [9.17, 15) is 0 Å². The van der Waals surface area contributed by atoms with Gasteiger partial charge in [0.1, 0.15) is 0 Å². The summed E-state index contributed by atoms with van der Waals surface area (Å²) in [6, 6.07) is 0. The maximum absolute atomic E-state index is 2.48. The van der Waals surface area contributed by atoms with E-state index >= 15 is 0 Å². The predicted molar refractivity (Wildman–Crippen MR) is 66.5 cm³/mol. The molecule has 0 aromatic rings. The Labute approximate surface area is 91.5 Å². The molecule has 0 aromatic carbocycles. The van der Waals surface area contributed by atoms with Gasteiger partial charge in [-0.25, -0.2) is 0 Å². The van der Waals surface area contributed by atoms with Gasteiger partial charge in [0.25, 0.3) is 0 Å². The van der Waals surface area contributed by atoms with E-state index in [0.717, 1.165) is 11.8 Å². The second-order valence-electron chi connectivity index (χ2n) is 6.20. The summed E-state index contributed by atoms with van der Waals surface area (Å²) in [5, 5.41) is 0. The van der Waals surface area contributed by atoms with Gasteiger partial charge in [-0.2, -0.15) is 0 Å². The van der Waals surface area contributed by atoms with Gasteiger partial charge in [-0.3, -0.25) is 0 Å². The molecule has 0 fully saturated rings. The van der Waals surface area contributed by atoms with Gasteiger partial charge >= 0.3 is 0 Å². The Bertz CT molecular complexity index is 157. The number of hydrogen-bond acceptors (Lipinski definition) is 0. The molecule has 0 bridgehead atoms. The third-order valence-electron chi connectivity index (χ3n) is 4.65. The summed E-state index contributed by atoms with van der Waals surface area (Å²) in [6.07, 6.45) is 2.62. The van der Waals surface area contributed by atoms with Crippen molar-refractivity contribution in [1.82, 2.24) is 0 Å². The molecule has 0 aliphatic heterocycles. The summed E-state index contributed by atoms with van der Waals surface area (Å²) >= 11 is 0. The quantitative estimate of drug-likeness (QED) is 0.587. The summed E-state index contributed by atoms with van der Waals surface area (Å²) in [5.41, 5.74) is 0.856. The van der Waals surface area contributed by atoms with E-state index < -0.39 is 0 Å². The first kappa shape index (κ1) is 14.0. The molecule has 0 heteroatoms. The van der Waals surface area contributed by atoms with Crippen LogP contribution in [0.4, 0.5) is 0 Å². The van der Waals surface area contributed by atoms with Gasteiger partial charge in [-0.1, -0.05) is 68.2 Å². The molecule has 0 aliphatic carbocycles. The fourth-order valence-corrected chi connectivity index (χ4v) is 3.09. The van der Waals surface area contributed by atoms with Gasteiger partial charge in [0, 0.05) is 0 Å². The normalized spacial score (nSPS) is 17.6. The maximum atomic E-state index is 2.48. The molecule has 0 spiro atoms. The molecule has 1 unspecified atom stereocenters. The van der Waals surface area contributed by atoms with Crippen LogP contribution in [0.25, 0.3) is 0 Å². The van der Waals surface area contributed by atoms with E-state index in [2.05, 4.69) is 55.4 Å². The Balaban J connectivity index is 5.08. The lowest BCUT2D eigenvalue weighted by molar-refractivity contribution is -0.0179. The minimum atomic E-state index is 0.401. The largest absolute Gasteiger partial charge is 0.0651 e. The summed E-state index contributed by atoms with van der Waals surface area (Å²) in [5.74, 6) is 1.61. The first-order chi connectivity index (χ1) is 6.21. The molecule has 0 amide bonds. The Hall–Kier alpha value is 0. The lowest BCUT2D eigenvalue weighted by Crippen LogP contribution is -2.43. The van der Waals surface area contributed by atoms with E-state index in [1.807, 2.05) is 0 Å². The van der Waals surface area contributed by atoms with Crippen LogP contribution >= 0.6 is 0 Å². The van der Waals surface area contributed by atoms with Crippen molar-refractivity contribution < 1.29 is 0 Å². The molecular formula is C14H30. The molecule has 0 heterocycles. The van der Waals surface area contributed by atoms with Crippen LogP contribution in [-0.2, 0) is 0 Å². The van der Waals surface area contributed by atoms with Crippen molar-refractivity contribution in [3.8, 4) is 0 Å². The van der Waals surface area contributed by atoms with Gasteiger partial charge in [-0.05, 0) is 22.7 Å². The van der Waals surface area contributed by atoms with E-state index in [4.69, 9.17) is 0 Å². The van der Waals surface area contributed by atoms with Crippen LogP contribution in [0.15, 0.2) is 0 Å². The summed E-state index contributed by atoms with van der Waals surface area (Å²) in [6.45, 7) is 19.1. The smallest absolute Gasteiger partial charge is 0.0226 e. The molecule has 0 aliphatic rings. The van der Waals surface area contributed by atoms with Gasteiger partial charge < -0.3 is 0 Å². The van der Waals surface area contributed by atoms with Crippen molar-refractivity contribution in [2.24, 2.45) is 22.7 Å². The van der Waals surface area contributed by atoms with Crippen molar-refractivity contribution in [3.63, 3.8) is 0 Å². The van der Waals surface area contributed by atoms with Crippen molar-refractivity contribution >= 4 is 0 Å². The Morgan fingerprint density at radius 1 is 0.857 bits per heavy atom. The molecule has 0 nitrogen and oxygen atoms in total. The lowest BCUT2D eigenvalue weighted by Gasteiger charge is -2.51. The van der Waals surface area contributed by atoms with Crippen LogP contribution < -0.4 is 0 Å². The summed E-state index contributed by atoms with van der Waals surface area (Å²) < 4.78 is 0. The molecule has 0 rings (SSSR count). The Kier molecular flexibility index (Phi) is 4.68. The minimum absolute atomic E-state index is 0.401. The highest BCUT2D eigenvalue weighted by Gasteiger charge is 2.44. The molecule has 0 saturated heterocycles. The molecule has 0 aromatic heterocycles. The monoisotopic (exact) mass is 198 g/mol. The SMILES string of the molecule is CCC(CC)C(C)(C(C)C)C(C)(C)C. The minimum Gasteiger partial charge on any atom is -0.0651 e. The fourth-order valence-electron chi connectivity index (χ4n) is 3.09. The van der Waals surface area contributed by atoms with E-state index in [1.165, 1.54) is 12.8 Å². The molecule has 14 heavy (non-hydrogen) atoms. The fraction of sp³-hybridized carbons (Fsp3) is 1.00. The average Bonchev–Trinajstić information content (AvgIpc) is 2.03. The highest BCUT2D eigenvalue weighted by Crippen LogP contribution is 2.52. The predicted octanol–water partition coefficient (Wildman–Crippen LogP) is 5.13. The van der Waals surface area contributed by atoms with Gasteiger partial charge in [-0.15, -0.1) is 0 Å². The molecule has 86 valence electrons. The van der Waals surface area contributed by atoms with Crippen LogP contribution in [0.1, 0.15) is 68.2 Å². The highest BCUT2D eigenvalue weighted by atomic mass is 14.5. The van der Waals surface area contributed by atoms with Gasteiger partial charge in [0.05, 0.1) is 0 Å². The van der Waals surface area contributed by atoms with Gasteiger partial charge in [0.15, 0.2) is 0 Å². The first-order valence-corrected chi connectivity index (χ1v) is 6.21. The molecule has 0 N–H and O–H groups in total. The van der Waals surface area contributed by atoms with Crippen molar-refractivity contribution in [1.29, 1.82) is 0 Å². The zero-order valence-electron chi connectivity index (χ0n) is 11.6. The molecule has 1 atom stereocenters. The third-order valence-corrected chi connectivity index (χ3v) is 4.65. The van der Waals surface area contributed by atoms with Gasteiger partial charge in [0.2, 0.25) is 0 Å². The van der Waals surface area contributed by atoms with Crippen molar-refractivity contribution in [2.75, 3.05) is 0 Å². The maximum Gasteiger partial charge on any atom is -0.0226 e. The zero-order valence-corrected chi connectivity index (χ0v) is 11.6. The van der Waals surface area contributed by atoms with Crippen molar-refractivity contribution in [2.45, 2.75) is 68.2 Å². The lowest BCUT2D eigenvalue weighted by atomic mass is 9.54. The number of hydrogen-bond donors (Lipinski definition) is 0. The van der Waals surface area contributed by atoms with Crippen LogP contribution in [0, 0.1) is 22.7 Å². The zero-order chi connectivity index (χ0) is 11.6. The van der Waals surface area contributed by atoms with Crippen LogP contribution in [-0.4, -0.2) is 0 Å². The Morgan fingerprint density at radius 2 is 1.21 bits per heavy atom. The van der Waals surface area contributed by atoms with E-state index in [1.54, 1.807) is 0 Å². The van der Waals surface area contributed by atoms with Crippen molar-refractivity contribution in [3.05, 3.63) is 0 Å². The van der Waals surface area contributed by atoms with E-state index in [-0.39, 0.29) is 0 Å². The van der Waals surface area contributed by atoms with E-state index in [0.29, 0.717) is 10.8 Å². The topological polar surface area (TPSA) is 0 Å². The molecule has 0 radical (unpaired) electrons. The van der Waals surface area contributed by atoms with Crippen LogP contribution in [0.3, 0.4) is 0 Å². The second-order valence-corrected chi connectivity index (χ2v) is 6.20.